The SMILES string of the molecule is Cc1cnc(N2CC3CC2CO3)nc1. The van der Waals surface area contributed by atoms with Crippen LogP contribution in [0.2, 0.25) is 0 Å². The van der Waals surface area contributed by atoms with Gasteiger partial charge in [0, 0.05) is 18.9 Å². The zero-order valence-corrected chi connectivity index (χ0v) is 8.18. The first kappa shape index (κ1) is 8.17. The fourth-order valence-electron chi connectivity index (χ4n) is 2.18. The molecule has 0 aliphatic carbocycles. The Hall–Kier alpha value is -1.16. The minimum absolute atomic E-state index is 0.407. The van der Waals surface area contributed by atoms with E-state index in [4.69, 9.17) is 4.74 Å². The lowest BCUT2D eigenvalue weighted by Gasteiger charge is -2.26. The van der Waals surface area contributed by atoms with Crippen LogP contribution in [0.3, 0.4) is 0 Å². The molecule has 2 aliphatic heterocycles. The first-order chi connectivity index (χ1) is 6.83. The molecule has 2 aliphatic rings. The van der Waals surface area contributed by atoms with E-state index in [0.29, 0.717) is 12.1 Å². The smallest absolute Gasteiger partial charge is 0.225 e. The average Bonchev–Trinajstić information content (AvgIpc) is 2.80. The molecule has 2 unspecified atom stereocenters. The zero-order chi connectivity index (χ0) is 9.54. The molecule has 0 radical (unpaired) electrons. The van der Waals surface area contributed by atoms with E-state index in [1.807, 2.05) is 19.3 Å². The van der Waals surface area contributed by atoms with E-state index in [-0.39, 0.29) is 0 Å². The lowest BCUT2D eigenvalue weighted by molar-refractivity contribution is 0.0986. The van der Waals surface area contributed by atoms with Crippen molar-refractivity contribution >= 4 is 5.95 Å². The molecular formula is C10H13N3O. The summed E-state index contributed by atoms with van der Waals surface area (Å²) in [5.41, 5.74) is 1.11. The summed E-state index contributed by atoms with van der Waals surface area (Å²) in [5.74, 6) is 0.853. The van der Waals surface area contributed by atoms with Crippen molar-refractivity contribution < 1.29 is 4.74 Å². The summed E-state index contributed by atoms with van der Waals surface area (Å²) in [6, 6.07) is 0.503. The van der Waals surface area contributed by atoms with Crippen molar-refractivity contribution in [3.8, 4) is 0 Å². The van der Waals surface area contributed by atoms with Gasteiger partial charge in [0.05, 0.1) is 18.8 Å². The summed E-state index contributed by atoms with van der Waals surface area (Å²) >= 11 is 0. The molecule has 3 rings (SSSR count). The Morgan fingerprint density at radius 3 is 2.79 bits per heavy atom. The summed E-state index contributed by atoms with van der Waals surface area (Å²) in [5, 5.41) is 0. The van der Waals surface area contributed by atoms with Gasteiger partial charge in [0.15, 0.2) is 0 Å². The first-order valence-electron chi connectivity index (χ1n) is 5.00. The highest BCUT2D eigenvalue weighted by atomic mass is 16.5. The zero-order valence-electron chi connectivity index (χ0n) is 8.18. The lowest BCUT2D eigenvalue weighted by Crippen LogP contribution is -2.38. The van der Waals surface area contributed by atoms with Crippen LogP contribution in [0.25, 0.3) is 0 Å². The summed E-state index contributed by atoms with van der Waals surface area (Å²) < 4.78 is 5.53. The van der Waals surface area contributed by atoms with Gasteiger partial charge >= 0.3 is 0 Å². The molecule has 2 saturated heterocycles. The third-order valence-corrected chi connectivity index (χ3v) is 2.92. The van der Waals surface area contributed by atoms with E-state index in [1.165, 1.54) is 0 Å². The minimum atomic E-state index is 0.407. The molecule has 2 fully saturated rings. The van der Waals surface area contributed by atoms with Crippen molar-refractivity contribution in [2.75, 3.05) is 18.1 Å². The van der Waals surface area contributed by atoms with Gasteiger partial charge in [0.2, 0.25) is 5.95 Å². The van der Waals surface area contributed by atoms with Crippen molar-refractivity contribution in [1.29, 1.82) is 0 Å². The second-order valence-electron chi connectivity index (χ2n) is 4.06. The van der Waals surface area contributed by atoms with Crippen LogP contribution in [0.4, 0.5) is 5.95 Å². The Morgan fingerprint density at radius 1 is 1.43 bits per heavy atom. The van der Waals surface area contributed by atoms with Crippen LogP contribution in [-0.4, -0.2) is 35.3 Å². The van der Waals surface area contributed by atoms with Crippen molar-refractivity contribution in [1.82, 2.24) is 9.97 Å². The summed E-state index contributed by atoms with van der Waals surface area (Å²) in [6.45, 7) is 3.79. The molecule has 2 atom stereocenters. The molecule has 2 bridgehead atoms. The highest BCUT2D eigenvalue weighted by molar-refractivity contribution is 5.35. The van der Waals surface area contributed by atoms with Gasteiger partial charge in [-0.2, -0.15) is 0 Å². The van der Waals surface area contributed by atoms with Gasteiger partial charge in [-0.3, -0.25) is 0 Å². The van der Waals surface area contributed by atoms with Gasteiger partial charge in [-0.15, -0.1) is 0 Å². The van der Waals surface area contributed by atoms with Crippen molar-refractivity contribution in [3.05, 3.63) is 18.0 Å². The molecule has 0 spiro atoms. The van der Waals surface area contributed by atoms with Gasteiger partial charge < -0.3 is 9.64 Å². The van der Waals surface area contributed by atoms with E-state index in [0.717, 1.165) is 31.1 Å². The van der Waals surface area contributed by atoms with Crippen LogP contribution in [0.5, 0.6) is 0 Å². The second-order valence-corrected chi connectivity index (χ2v) is 4.06. The highest BCUT2D eigenvalue weighted by Crippen LogP contribution is 2.30. The quantitative estimate of drug-likeness (QED) is 0.657. The fraction of sp³-hybridized carbons (Fsp3) is 0.600. The number of hydrogen-bond acceptors (Lipinski definition) is 4. The third-order valence-electron chi connectivity index (χ3n) is 2.92. The molecule has 4 nitrogen and oxygen atoms in total. The van der Waals surface area contributed by atoms with Gasteiger partial charge in [0.1, 0.15) is 0 Å². The number of ether oxygens (including phenoxy) is 1. The maximum absolute atomic E-state index is 5.53. The van der Waals surface area contributed by atoms with Crippen LogP contribution in [0.1, 0.15) is 12.0 Å². The number of morpholine rings is 1. The molecule has 4 heteroatoms. The van der Waals surface area contributed by atoms with Gasteiger partial charge in [-0.05, 0) is 18.9 Å². The van der Waals surface area contributed by atoms with Crippen molar-refractivity contribution in [2.24, 2.45) is 0 Å². The molecule has 1 aromatic heterocycles. The molecule has 0 saturated carbocycles. The summed E-state index contributed by atoms with van der Waals surface area (Å²) in [7, 11) is 0. The summed E-state index contributed by atoms with van der Waals surface area (Å²) in [6.07, 6.45) is 5.28. The molecular weight excluding hydrogens is 178 g/mol. The number of fused-ring (bicyclic) bond motifs is 2. The van der Waals surface area contributed by atoms with E-state index in [1.54, 1.807) is 0 Å². The Bertz CT molecular complexity index is 338. The topological polar surface area (TPSA) is 38.2 Å². The van der Waals surface area contributed by atoms with Gasteiger partial charge in [-0.1, -0.05) is 0 Å². The Kier molecular flexibility index (Phi) is 1.70. The van der Waals surface area contributed by atoms with Crippen molar-refractivity contribution in [3.63, 3.8) is 0 Å². The minimum Gasteiger partial charge on any atom is -0.374 e. The second kappa shape index (κ2) is 2.92. The van der Waals surface area contributed by atoms with Gasteiger partial charge in [-0.25, -0.2) is 9.97 Å². The van der Waals surface area contributed by atoms with E-state index >= 15 is 0 Å². The van der Waals surface area contributed by atoms with Crippen LogP contribution in [0.15, 0.2) is 12.4 Å². The number of nitrogens with zero attached hydrogens (tertiary/aromatic N) is 3. The highest BCUT2D eigenvalue weighted by Gasteiger charge is 2.40. The van der Waals surface area contributed by atoms with Crippen LogP contribution >= 0.6 is 0 Å². The maximum atomic E-state index is 5.53. The Balaban J connectivity index is 1.86. The summed E-state index contributed by atoms with van der Waals surface area (Å²) in [4.78, 5) is 10.9. The number of anilines is 1. The van der Waals surface area contributed by atoms with Gasteiger partial charge in [0.25, 0.3) is 0 Å². The lowest BCUT2D eigenvalue weighted by atomic mass is 10.2. The fourth-order valence-corrected chi connectivity index (χ4v) is 2.18. The Labute approximate surface area is 82.9 Å². The van der Waals surface area contributed by atoms with Crippen LogP contribution in [0, 0.1) is 6.92 Å². The predicted molar refractivity (Wildman–Crippen MR) is 52.3 cm³/mol. The molecule has 74 valence electrons. The molecule has 0 amide bonds. The molecule has 3 heterocycles. The maximum Gasteiger partial charge on any atom is 0.225 e. The molecule has 14 heavy (non-hydrogen) atoms. The first-order valence-corrected chi connectivity index (χ1v) is 5.00. The molecule has 0 aromatic carbocycles. The normalized spacial score (nSPS) is 29.9. The van der Waals surface area contributed by atoms with Crippen LogP contribution in [-0.2, 0) is 4.74 Å². The molecule has 0 N–H and O–H groups in total. The largest absolute Gasteiger partial charge is 0.374 e. The van der Waals surface area contributed by atoms with Crippen molar-refractivity contribution in [2.45, 2.75) is 25.5 Å². The number of rotatable bonds is 1. The average molecular weight is 191 g/mol. The predicted octanol–water partition coefficient (Wildman–Crippen LogP) is 0.763. The third kappa shape index (κ3) is 1.18. The Morgan fingerprint density at radius 2 is 2.21 bits per heavy atom. The monoisotopic (exact) mass is 191 g/mol. The number of aromatic nitrogens is 2. The molecule has 1 aromatic rings. The number of hydrogen-bond donors (Lipinski definition) is 0. The van der Waals surface area contributed by atoms with Crippen LogP contribution < -0.4 is 4.90 Å². The van der Waals surface area contributed by atoms with E-state index in [9.17, 15) is 0 Å². The standard InChI is InChI=1S/C10H13N3O/c1-7-3-11-10(12-4-7)13-5-9-2-8(13)6-14-9/h3-4,8-9H,2,5-6H2,1H3. The van der Waals surface area contributed by atoms with E-state index < -0.39 is 0 Å². The van der Waals surface area contributed by atoms with E-state index in [2.05, 4.69) is 14.9 Å². The number of aryl methyl sites for hydroxylation is 1.